The fourth-order valence-corrected chi connectivity index (χ4v) is 5.18. The molecule has 9 heteroatoms. The van der Waals surface area contributed by atoms with E-state index in [0.717, 1.165) is 44.1 Å². The number of aryl methyl sites for hydroxylation is 1. The Hall–Kier alpha value is -3.10. The van der Waals surface area contributed by atoms with Crippen LogP contribution in [0, 0.1) is 12.8 Å². The van der Waals surface area contributed by atoms with E-state index in [9.17, 15) is 19.2 Å². The maximum Gasteiger partial charge on any atom is 0.408 e. The van der Waals surface area contributed by atoms with Crippen LogP contribution in [0.4, 0.5) is 4.79 Å². The van der Waals surface area contributed by atoms with E-state index in [0.29, 0.717) is 17.9 Å². The maximum absolute atomic E-state index is 14.4. The van der Waals surface area contributed by atoms with Gasteiger partial charge in [-0.3, -0.25) is 14.4 Å². The van der Waals surface area contributed by atoms with Gasteiger partial charge >= 0.3 is 6.09 Å². The first kappa shape index (κ1) is 33.1. The van der Waals surface area contributed by atoms with Gasteiger partial charge in [0.05, 0.1) is 6.42 Å². The molecular formula is C31H50N4O5. The Labute approximate surface area is 240 Å². The van der Waals surface area contributed by atoms with E-state index in [2.05, 4.69) is 24.5 Å². The third-order valence-corrected chi connectivity index (χ3v) is 7.25. The van der Waals surface area contributed by atoms with Gasteiger partial charge in [-0.2, -0.15) is 0 Å². The van der Waals surface area contributed by atoms with Crippen molar-refractivity contribution in [3.63, 3.8) is 0 Å². The molecule has 1 fully saturated rings. The van der Waals surface area contributed by atoms with Crippen LogP contribution < -0.4 is 16.4 Å². The highest BCUT2D eigenvalue weighted by Crippen LogP contribution is 2.30. The van der Waals surface area contributed by atoms with Gasteiger partial charge in [0, 0.05) is 12.1 Å². The van der Waals surface area contributed by atoms with E-state index >= 15 is 0 Å². The number of amides is 4. The summed E-state index contributed by atoms with van der Waals surface area (Å²) in [4.78, 5) is 54.8. The third-order valence-electron chi connectivity index (χ3n) is 7.25. The van der Waals surface area contributed by atoms with Crippen LogP contribution in [0.1, 0.15) is 110 Å². The molecule has 0 heterocycles. The standard InChI is InChI=1S/C31H50N4O5/c1-20(2)17-18-22(4)35(29(38)25(19-26(32)36)34-30(39)40-31(5,6)7)27(24-16-12-11-13-21(24)3)28(37)33-23-14-9-8-10-15-23/h11-13,16,20,22-23,25,27H,8-10,14-15,17-19H2,1-7H3,(H2,32,36)(H,33,37)(H,34,39). The molecule has 1 saturated carbocycles. The van der Waals surface area contributed by atoms with Crippen LogP contribution in [-0.4, -0.2) is 52.4 Å². The molecule has 3 atom stereocenters. The van der Waals surface area contributed by atoms with Gasteiger partial charge in [0.2, 0.25) is 17.7 Å². The molecule has 1 aliphatic rings. The average Bonchev–Trinajstić information content (AvgIpc) is 2.84. The molecule has 9 nitrogen and oxygen atoms in total. The van der Waals surface area contributed by atoms with Crippen molar-refractivity contribution in [2.24, 2.45) is 11.7 Å². The fourth-order valence-electron chi connectivity index (χ4n) is 5.18. The fraction of sp³-hybridized carbons (Fsp3) is 0.677. The van der Waals surface area contributed by atoms with Crippen molar-refractivity contribution in [1.29, 1.82) is 0 Å². The van der Waals surface area contributed by atoms with Crippen LogP contribution in [0.3, 0.4) is 0 Å². The Morgan fingerprint density at radius 1 is 1.02 bits per heavy atom. The zero-order valence-corrected chi connectivity index (χ0v) is 25.4. The number of benzene rings is 1. The van der Waals surface area contributed by atoms with Gasteiger partial charge in [-0.25, -0.2) is 4.79 Å². The van der Waals surface area contributed by atoms with Crippen molar-refractivity contribution < 1.29 is 23.9 Å². The van der Waals surface area contributed by atoms with Crippen LogP contribution in [-0.2, 0) is 19.1 Å². The molecule has 0 aliphatic heterocycles. The first-order chi connectivity index (χ1) is 18.7. The van der Waals surface area contributed by atoms with Gasteiger partial charge < -0.3 is 26.0 Å². The predicted molar refractivity (Wildman–Crippen MR) is 156 cm³/mol. The topological polar surface area (TPSA) is 131 Å². The van der Waals surface area contributed by atoms with E-state index in [1.54, 1.807) is 25.7 Å². The lowest BCUT2D eigenvalue weighted by molar-refractivity contribution is -0.146. The SMILES string of the molecule is Cc1ccccc1C(C(=O)NC1CCCCC1)N(C(=O)C(CC(N)=O)NC(=O)OC(C)(C)C)C(C)CCC(C)C. The number of nitrogens with zero attached hydrogens (tertiary/aromatic N) is 1. The minimum absolute atomic E-state index is 0.0389. The smallest absolute Gasteiger partial charge is 0.408 e. The summed E-state index contributed by atoms with van der Waals surface area (Å²) >= 11 is 0. The number of carbonyl (C=O) groups excluding carboxylic acids is 4. The molecule has 0 aromatic heterocycles. The van der Waals surface area contributed by atoms with E-state index in [1.165, 1.54) is 0 Å². The van der Waals surface area contributed by atoms with Gasteiger partial charge in [-0.1, -0.05) is 57.4 Å². The van der Waals surface area contributed by atoms with Gasteiger partial charge in [0.25, 0.3) is 0 Å². The van der Waals surface area contributed by atoms with Gasteiger partial charge in [0.1, 0.15) is 17.7 Å². The zero-order valence-electron chi connectivity index (χ0n) is 25.4. The summed E-state index contributed by atoms with van der Waals surface area (Å²) in [5.74, 6) is -1.18. The lowest BCUT2D eigenvalue weighted by atomic mass is 9.92. The predicted octanol–water partition coefficient (Wildman–Crippen LogP) is 4.91. The third kappa shape index (κ3) is 10.5. The summed E-state index contributed by atoms with van der Waals surface area (Å²) in [7, 11) is 0. The van der Waals surface area contributed by atoms with Crippen LogP contribution >= 0.6 is 0 Å². The van der Waals surface area contributed by atoms with E-state index in [-0.39, 0.29) is 18.0 Å². The van der Waals surface area contributed by atoms with Gasteiger partial charge in [-0.05, 0) is 77.3 Å². The second kappa shape index (κ2) is 15.1. The molecule has 1 aromatic carbocycles. The van der Waals surface area contributed by atoms with Crippen LogP contribution in [0.15, 0.2) is 24.3 Å². The second-order valence-corrected chi connectivity index (χ2v) is 12.5. The van der Waals surface area contributed by atoms with Crippen LogP contribution in [0.5, 0.6) is 0 Å². The lowest BCUT2D eigenvalue weighted by Crippen LogP contribution is -2.57. The van der Waals surface area contributed by atoms with Crippen molar-refractivity contribution in [2.75, 3.05) is 0 Å². The summed E-state index contributed by atoms with van der Waals surface area (Å²) in [6.07, 6.45) is 5.25. The summed E-state index contributed by atoms with van der Waals surface area (Å²) in [6.45, 7) is 13.2. The number of carbonyl (C=O) groups is 4. The van der Waals surface area contributed by atoms with Crippen molar-refractivity contribution in [1.82, 2.24) is 15.5 Å². The van der Waals surface area contributed by atoms with E-state index < -0.39 is 42.0 Å². The summed E-state index contributed by atoms with van der Waals surface area (Å²) < 4.78 is 5.38. The number of rotatable bonds is 12. The van der Waals surface area contributed by atoms with E-state index in [1.807, 2.05) is 38.1 Å². The zero-order chi connectivity index (χ0) is 30.0. The number of hydrogen-bond acceptors (Lipinski definition) is 5. The normalized spacial score (nSPS) is 16.5. The molecular weight excluding hydrogens is 508 g/mol. The highest BCUT2D eigenvalue weighted by molar-refractivity contribution is 5.95. The molecule has 0 bridgehead atoms. The molecule has 1 aromatic rings. The summed E-state index contributed by atoms with van der Waals surface area (Å²) in [5, 5.41) is 5.78. The number of alkyl carbamates (subject to hydrolysis) is 1. The summed E-state index contributed by atoms with van der Waals surface area (Å²) in [5.41, 5.74) is 6.29. The van der Waals surface area contributed by atoms with Gasteiger partial charge in [0.15, 0.2) is 0 Å². The molecule has 1 aliphatic carbocycles. The summed E-state index contributed by atoms with van der Waals surface area (Å²) in [6, 6.07) is 4.95. The number of hydrogen-bond donors (Lipinski definition) is 3. The van der Waals surface area contributed by atoms with Crippen molar-refractivity contribution in [2.45, 2.75) is 130 Å². The minimum Gasteiger partial charge on any atom is -0.444 e. The number of primary amides is 1. The van der Waals surface area contributed by atoms with Gasteiger partial charge in [-0.15, -0.1) is 0 Å². The molecule has 0 radical (unpaired) electrons. The number of nitrogens with two attached hydrogens (primary N) is 1. The Kier molecular flexibility index (Phi) is 12.5. The van der Waals surface area contributed by atoms with Crippen molar-refractivity contribution in [3.8, 4) is 0 Å². The number of nitrogens with one attached hydrogen (secondary N) is 2. The molecule has 0 spiro atoms. The Morgan fingerprint density at radius 3 is 2.20 bits per heavy atom. The maximum atomic E-state index is 14.4. The Balaban J connectivity index is 2.57. The highest BCUT2D eigenvalue weighted by atomic mass is 16.6. The molecule has 3 unspecified atom stereocenters. The van der Waals surface area contributed by atoms with Crippen molar-refractivity contribution >= 4 is 23.8 Å². The van der Waals surface area contributed by atoms with Crippen LogP contribution in [0.25, 0.3) is 0 Å². The van der Waals surface area contributed by atoms with E-state index in [4.69, 9.17) is 10.5 Å². The Morgan fingerprint density at radius 2 is 1.65 bits per heavy atom. The lowest BCUT2D eigenvalue weighted by Gasteiger charge is -2.40. The van der Waals surface area contributed by atoms with Crippen LogP contribution in [0.2, 0.25) is 0 Å². The first-order valence-electron chi connectivity index (χ1n) is 14.7. The molecule has 2 rings (SSSR count). The molecule has 224 valence electrons. The molecule has 0 saturated heterocycles. The molecule has 40 heavy (non-hydrogen) atoms. The minimum atomic E-state index is -1.29. The Bertz CT molecular complexity index is 1010. The highest BCUT2D eigenvalue weighted by Gasteiger charge is 2.40. The quantitative estimate of drug-likeness (QED) is 0.336. The number of ether oxygens (including phenoxy) is 1. The molecule has 4 amide bonds. The average molecular weight is 559 g/mol. The largest absolute Gasteiger partial charge is 0.444 e. The first-order valence-corrected chi connectivity index (χ1v) is 14.7. The second-order valence-electron chi connectivity index (χ2n) is 12.5. The van der Waals surface area contributed by atoms with Crippen molar-refractivity contribution in [3.05, 3.63) is 35.4 Å². The molecule has 4 N–H and O–H groups in total. The monoisotopic (exact) mass is 558 g/mol.